The Morgan fingerprint density at radius 1 is 1.26 bits per heavy atom. The second kappa shape index (κ2) is 8.71. The molecule has 2 atom stereocenters. The van der Waals surface area contributed by atoms with E-state index in [1.54, 1.807) is 18.5 Å². The highest BCUT2D eigenvalue weighted by Crippen LogP contribution is 2.36. The number of amides is 1. The molecule has 1 aliphatic rings. The number of nitrogen functional groups attached to an aromatic ring is 1. The summed E-state index contributed by atoms with van der Waals surface area (Å²) >= 11 is 0. The van der Waals surface area contributed by atoms with Gasteiger partial charge in [0.05, 0.1) is 35.3 Å². The van der Waals surface area contributed by atoms with Crippen molar-refractivity contribution in [3.8, 4) is 22.6 Å². The molecular formula is C24H26N8O2. The number of benzene rings is 1. The highest BCUT2D eigenvalue weighted by Gasteiger charge is 2.25. The largest absolute Gasteiger partial charge is 0.395 e. The molecule has 1 aromatic carbocycles. The van der Waals surface area contributed by atoms with Crippen molar-refractivity contribution in [2.75, 3.05) is 24.3 Å². The van der Waals surface area contributed by atoms with Crippen LogP contribution in [0.3, 0.4) is 0 Å². The van der Waals surface area contributed by atoms with Gasteiger partial charge < -0.3 is 21.5 Å². The third kappa shape index (κ3) is 3.81. The minimum Gasteiger partial charge on any atom is -0.395 e. The fourth-order valence-corrected chi connectivity index (χ4v) is 4.38. The predicted molar refractivity (Wildman–Crippen MR) is 130 cm³/mol. The molecule has 1 fully saturated rings. The van der Waals surface area contributed by atoms with E-state index < -0.39 is 5.91 Å². The van der Waals surface area contributed by atoms with Gasteiger partial charge in [0.25, 0.3) is 5.91 Å². The molecule has 2 unspecified atom stereocenters. The minimum atomic E-state index is -0.726. The summed E-state index contributed by atoms with van der Waals surface area (Å²) in [7, 11) is 0. The van der Waals surface area contributed by atoms with Gasteiger partial charge in [-0.05, 0) is 43.0 Å². The fourth-order valence-electron chi connectivity index (χ4n) is 4.38. The number of nitrogens with two attached hydrogens (primary N) is 2. The number of aromatic nitrogens is 5. The number of nitrogens with zero attached hydrogens (tertiary/aromatic N) is 4. The van der Waals surface area contributed by atoms with Gasteiger partial charge in [-0.15, -0.1) is 0 Å². The molecule has 1 aliphatic heterocycles. The Balaban J connectivity index is 1.69. The van der Waals surface area contributed by atoms with Crippen LogP contribution >= 0.6 is 0 Å². The third-order valence-corrected chi connectivity index (χ3v) is 6.26. The first-order valence-corrected chi connectivity index (χ1v) is 11.1. The number of rotatable bonds is 5. The molecule has 10 heteroatoms. The summed E-state index contributed by atoms with van der Waals surface area (Å²) in [5.41, 5.74) is 15.8. The van der Waals surface area contributed by atoms with Crippen molar-refractivity contribution in [2.24, 2.45) is 11.7 Å². The number of carbonyl (C=O) groups is 1. The SMILES string of the molecule is Cc1ccc2[nH]ncc2c1-c1nc(-c2cccnc2NC2CCOCC2C)nc(C(N)=O)c1N. The zero-order chi connectivity index (χ0) is 23.8. The second-order valence-corrected chi connectivity index (χ2v) is 8.60. The molecule has 1 amide bonds. The first-order valence-electron chi connectivity index (χ1n) is 11.1. The molecular weight excluding hydrogens is 432 g/mol. The third-order valence-electron chi connectivity index (χ3n) is 6.26. The van der Waals surface area contributed by atoms with Crippen LogP contribution in [0, 0.1) is 12.8 Å². The number of hydrogen-bond donors (Lipinski definition) is 4. The van der Waals surface area contributed by atoms with Gasteiger partial charge in [-0.3, -0.25) is 9.89 Å². The second-order valence-electron chi connectivity index (χ2n) is 8.60. The summed E-state index contributed by atoms with van der Waals surface area (Å²) in [5, 5.41) is 11.5. The summed E-state index contributed by atoms with van der Waals surface area (Å²) in [6.45, 7) is 5.46. The maximum absolute atomic E-state index is 12.3. The van der Waals surface area contributed by atoms with Crippen LogP contribution in [-0.4, -0.2) is 50.3 Å². The molecule has 5 rings (SSSR count). The minimum absolute atomic E-state index is 0.0332. The maximum atomic E-state index is 12.3. The number of H-pyrrole nitrogens is 1. The first-order chi connectivity index (χ1) is 16.4. The zero-order valence-electron chi connectivity index (χ0n) is 19.0. The molecule has 0 bridgehead atoms. The molecule has 6 N–H and O–H groups in total. The lowest BCUT2D eigenvalue weighted by Crippen LogP contribution is -2.36. The van der Waals surface area contributed by atoms with Crippen molar-refractivity contribution in [3.63, 3.8) is 0 Å². The smallest absolute Gasteiger partial charge is 0.269 e. The number of hydrogen-bond acceptors (Lipinski definition) is 8. The molecule has 0 spiro atoms. The number of aromatic amines is 1. The van der Waals surface area contributed by atoms with Crippen molar-refractivity contribution in [2.45, 2.75) is 26.3 Å². The Labute approximate surface area is 196 Å². The van der Waals surface area contributed by atoms with Crippen molar-refractivity contribution < 1.29 is 9.53 Å². The van der Waals surface area contributed by atoms with Gasteiger partial charge in [-0.25, -0.2) is 15.0 Å². The molecule has 3 aromatic heterocycles. The average Bonchev–Trinajstić information content (AvgIpc) is 3.30. The van der Waals surface area contributed by atoms with Crippen LogP contribution in [-0.2, 0) is 4.74 Å². The van der Waals surface area contributed by atoms with Gasteiger partial charge in [0.1, 0.15) is 5.82 Å². The van der Waals surface area contributed by atoms with Crippen molar-refractivity contribution >= 4 is 28.3 Å². The number of ether oxygens (including phenoxy) is 1. The highest BCUT2D eigenvalue weighted by atomic mass is 16.5. The van der Waals surface area contributed by atoms with Crippen molar-refractivity contribution in [3.05, 3.63) is 47.9 Å². The Hall–Kier alpha value is -4.05. The van der Waals surface area contributed by atoms with Gasteiger partial charge in [0.15, 0.2) is 11.5 Å². The molecule has 0 aliphatic carbocycles. The van der Waals surface area contributed by atoms with Gasteiger partial charge in [0.2, 0.25) is 0 Å². The lowest BCUT2D eigenvalue weighted by molar-refractivity contribution is 0.0537. The van der Waals surface area contributed by atoms with Crippen LogP contribution in [0.2, 0.25) is 0 Å². The molecule has 34 heavy (non-hydrogen) atoms. The molecule has 10 nitrogen and oxygen atoms in total. The van der Waals surface area contributed by atoms with Gasteiger partial charge >= 0.3 is 0 Å². The standard InChI is InChI=1S/C24H26N8O2/c1-12-5-6-17-15(10-28-32-17)18(12)20-19(25)21(22(26)33)31-24(30-20)14-4-3-8-27-23(14)29-16-7-9-34-11-13(16)2/h3-6,8,10,13,16H,7,9,11,25H2,1-2H3,(H2,26,33)(H,27,29)(H,28,32). The van der Waals surface area contributed by atoms with Crippen LogP contribution < -0.4 is 16.8 Å². The molecule has 4 heterocycles. The lowest BCUT2D eigenvalue weighted by atomic mass is 9.97. The van der Waals surface area contributed by atoms with E-state index in [1.165, 1.54) is 0 Å². The van der Waals surface area contributed by atoms with Crippen molar-refractivity contribution in [1.29, 1.82) is 0 Å². The number of pyridine rings is 1. The molecule has 174 valence electrons. The Bertz CT molecular complexity index is 1380. The number of nitrogens with one attached hydrogen (secondary N) is 2. The molecule has 1 saturated heterocycles. The summed E-state index contributed by atoms with van der Waals surface area (Å²) in [6, 6.07) is 7.74. The quantitative estimate of drug-likeness (QED) is 0.355. The van der Waals surface area contributed by atoms with Crippen LogP contribution in [0.15, 0.2) is 36.7 Å². The normalized spacial score (nSPS) is 18.2. The van der Waals surface area contributed by atoms with E-state index in [0.717, 1.165) is 28.5 Å². The van der Waals surface area contributed by atoms with Crippen LogP contribution in [0.25, 0.3) is 33.5 Å². The molecule has 0 radical (unpaired) electrons. The van der Waals surface area contributed by atoms with Crippen LogP contribution in [0.1, 0.15) is 29.4 Å². The number of anilines is 2. The Morgan fingerprint density at radius 2 is 2.12 bits per heavy atom. The number of primary amides is 1. The first kappa shape index (κ1) is 21.8. The lowest BCUT2D eigenvalue weighted by Gasteiger charge is -2.30. The summed E-state index contributed by atoms with van der Waals surface area (Å²) in [5.74, 6) is 0.531. The summed E-state index contributed by atoms with van der Waals surface area (Å²) in [6.07, 6.45) is 4.28. The number of aryl methyl sites for hydroxylation is 1. The van der Waals surface area contributed by atoms with E-state index in [4.69, 9.17) is 21.2 Å². The number of fused-ring (bicyclic) bond motifs is 1. The fraction of sp³-hybridized carbons (Fsp3) is 0.292. The van der Waals surface area contributed by atoms with Crippen LogP contribution in [0.4, 0.5) is 11.5 Å². The van der Waals surface area contributed by atoms with Crippen LogP contribution in [0.5, 0.6) is 0 Å². The average molecular weight is 459 g/mol. The predicted octanol–water partition coefficient (Wildman–Crippen LogP) is 2.91. The number of carbonyl (C=O) groups excluding carboxylic acids is 1. The topological polar surface area (TPSA) is 158 Å². The summed E-state index contributed by atoms with van der Waals surface area (Å²) < 4.78 is 5.57. The van der Waals surface area contributed by atoms with Crippen molar-refractivity contribution in [1.82, 2.24) is 25.1 Å². The van der Waals surface area contributed by atoms with Gasteiger partial charge in [0, 0.05) is 29.8 Å². The Morgan fingerprint density at radius 3 is 2.91 bits per heavy atom. The van der Waals surface area contributed by atoms with E-state index >= 15 is 0 Å². The Kier molecular flexibility index (Phi) is 5.58. The van der Waals surface area contributed by atoms with E-state index in [-0.39, 0.29) is 17.4 Å². The molecule has 4 aromatic rings. The van der Waals surface area contributed by atoms with E-state index in [0.29, 0.717) is 42.0 Å². The summed E-state index contributed by atoms with van der Waals surface area (Å²) in [4.78, 5) is 26.2. The van der Waals surface area contributed by atoms with Gasteiger partial charge in [-0.2, -0.15) is 5.10 Å². The monoisotopic (exact) mass is 458 g/mol. The van der Waals surface area contributed by atoms with E-state index in [9.17, 15) is 4.79 Å². The molecule has 0 saturated carbocycles. The zero-order valence-corrected chi connectivity index (χ0v) is 19.0. The highest BCUT2D eigenvalue weighted by molar-refractivity contribution is 6.04. The van der Waals surface area contributed by atoms with E-state index in [1.807, 2.05) is 25.1 Å². The van der Waals surface area contributed by atoms with E-state index in [2.05, 4.69) is 32.4 Å². The maximum Gasteiger partial charge on any atom is 0.269 e. The van der Waals surface area contributed by atoms with Gasteiger partial charge in [-0.1, -0.05) is 13.0 Å².